The molecule has 4 heteroatoms. The Kier molecular flexibility index (Phi) is 2.68. The molecule has 0 fully saturated rings. The largest absolute Gasteiger partial charge is 0.460 e. The van der Waals surface area contributed by atoms with Crippen LogP contribution >= 0.6 is 11.6 Å². The van der Waals surface area contributed by atoms with E-state index in [0.717, 1.165) is 5.39 Å². The molecule has 1 radical (unpaired) electrons. The molecule has 0 saturated heterocycles. The molecule has 3 aromatic rings. The molecule has 0 atom stereocenters. The van der Waals surface area contributed by atoms with Crippen LogP contribution in [0.4, 0.5) is 4.39 Å². The Morgan fingerprint density at radius 1 is 1.22 bits per heavy atom. The average Bonchev–Trinajstić information content (AvgIpc) is 2.81. The van der Waals surface area contributed by atoms with E-state index in [-0.39, 0.29) is 5.75 Å². The van der Waals surface area contributed by atoms with E-state index in [2.05, 4.69) is 6.07 Å². The van der Waals surface area contributed by atoms with Gasteiger partial charge in [-0.3, -0.25) is 0 Å². The van der Waals surface area contributed by atoms with Crippen molar-refractivity contribution in [2.75, 3.05) is 0 Å². The summed E-state index contributed by atoms with van der Waals surface area (Å²) in [6.45, 7) is 0. The van der Waals surface area contributed by atoms with Crippen LogP contribution in [0.2, 0.25) is 5.02 Å². The van der Waals surface area contributed by atoms with Crippen LogP contribution in [0.1, 0.15) is 0 Å². The number of halogens is 2. The van der Waals surface area contributed by atoms with Crippen molar-refractivity contribution in [3.05, 3.63) is 59.6 Å². The molecule has 2 aromatic carbocycles. The molecule has 1 aromatic heterocycles. The van der Waals surface area contributed by atoms with Crippen molar-refractivity contribution in [3.8, 4) is 11.5 Å². The minimum atomic E-state index is -0.485. The van der Waals surface area contributed by atoms with Gasteiger partial charge in [-0.15, -0.1) is 0 Å². The second kappa shape index (κ2) is 4.35. The van der Waals surface area contributed by atoms with Gasteiger partial charge in [-0.25, -0.2) is 4.39 Å². The van der Waals surface area contributed by atoms with E-state index in [4.69, 9.17) is 20.8 Å². The quantitative estimate of drug-likeness (QED) is 0.660. The highest BCUT2D eigenvalue weighted by atomic mass is 35.5. The molecule has 0 bridgehead atoms. The van der Waals surface area contributed by atoms with Gasteiger partial charge in [0.25, 0.3) is 0 Å². The molecule has 2 nitrogen and oxygen atoms in total. The van der Waals surface area contributed by atoms with Gasteiger partial charge in [-0.05, 0) is 30.3 Å². The van der Waals surface area contributed by atoms with Gasteiger partial charge < -0.3 is 9.15 Å². The van der Waals surface area contributed by atoms with Gasteiger partial charge >= 0.3 is 0 Å². The molecule has 18 heavy (non-hydrogen) atoms. The van der Waals surface area contributed by atoms with E-state index >= 15 is 0 Å². The topological polar surface area (TPSA) is 22.4 Å². The van der Waals surface area contributed by atoms with Crippen LogP contribution in [0, 0.1) is 11.9 Å². The molecule has 89 valence electrons. The lowest BCUT2D eigenvalue weighted by Gasteiger charge is -2.07. The zero-order valence-corrected chi connectivity index (χ0v) is 9.87. The fourth-order valence-corrected chi connectivity index (χ4v) is 1.85. The molecule has 3 rings (SSSR count). The van der Waals surface area contributed by atoms with E-state index < -0.39 is 5.82 Å². The smallest absolute Gasteiger partial charge is 0.206 e. The number of hydrogen-bond acceptors (Lipinski definition) is 2. The van der Waals surface area contributed by atoms with Crippen LogP contribution in [0.15, 0.2) is 47.1 Å². The first-order chi connectivity index (χ1) is 8.74. The first-order valence-corrected chi connectivity index (χ1v) is 5.62. The molecule has 0 unspecified atom stereocenters. The maximum absolute atomic E-state index is 13.8. The van der Waals surface area contributed by atoms with Crippen molar-refractivity contribution in [1.29, 1.82) is 0 Å². The van der Waals surface area contributed by atoms with Gasteiger partial charge in [0.1, 0.15) is 5.75 Å². The summed E-state index contributed by atoms with van der Waals surface area (Å²) in [5.41, 5.74) is 0.374. The SMILES string of the molecule is Fc1ccc2ccoc2c1Oc1cc[c]c(Cl)c1. The monoisotopic (exact) mass is 261 g/mol. The molecule has 0 N–H and O–H groups in total. The Balaban J connectivity index is 2.09. The molecule has 0 aliphatic rings. The summed E-state index contributed by atoms with van der Waals surface area (Å²) in [5.74, 6) is 0.00252. The predicted octanol–water partition coefficient (Wildman–Crippen LogP) is 4.82. The average molecular weight is 262 g/mol. The van der Waals surface area contributed by atoms with Crippen LogP contribution in [0.25, 0.3) is 11.0 Å². The van der Waals surface area contributed by atoms with Gasteiger partial charge in [-0.2, -0.15) is 0 Å². The van der Waals surface area contributed by atoms with Gasteiger partial charge in [0.15, 0.2) is 11.4 Å². The standard InChI is InChI=1S/C14H7ClFO2/c15-10-2-1-3-11(8-10)18-14-12(16)5-4-9-6-7-17-13(9)14/h1,3-8H. The molecule has 0 spiro atoms. The second-order valence-corrected chi connectivity index (χ2v) is 4.10. The van der Waals surface area contributed by atoms with E-state index in [0.29, 0.717) is 16.4 Å². The summed E-state index contributed by atoms with van der Waals surface area (Å²) >= 11 is 5.80. The fraction of sp³-hybridized carbons (Fsp3) is 0. The normalized spacial score (nSPS) is 10.8. The van der Waals surface area contributed by atoms with E-state index in [9.17, 15) is 4.39 Å². The van der Waals surface area contributed by atoms with E-state index in [1.807, 2.05) is 0 Å². The van der Waals surface area contributed by atoms with Crippen molar-refractivity contribution in [2.24, 2.45) is 0 Å². The summed E-state index contributed by atoms with van der Waals surface area (Å²) in [6.07, 6.45) is 1.49. The van der Waals surface area contributed by atoms with Crippen molar-refractivity contribution in [2.45, 2.75) is 0 Å². The Morgan fingerprint density at radius 2 is 2.11 bits per heavy atom. The minimum absolute atomic E-state index is 0.0553. The first-order valence-electron chi connectivity index (χ1n) is 5.25. The molecule has 0 saturated carbocycles. The van der Waals surface area contributed by atoms with Crippen LogP contribution in [0.5, 0.6) is 11.5 Å². The summed E-state index contributed by atoms with van der Waals surface area (Å²) in [5, 5.41) is 1.18. The lowest BCUT2D eigenvalue weighted by Crippen LogP contribution is -1.88. The molecule has 0 aliphatic heterocycles. The Bertz CT molecular complexity index is 706. The zero-order valence-electron chi connectivity index (χ0n) is 9.11. The van der Waals surface area contributed by atoms with Crippen molar-refractivity contribution < 1.29 is 13.5 Å². The number of hydrogen-bond donors (Lipinski definition) is 0. The summed E-state index contributed by atoms with van der Waals surface area (Å²) in [7, 11) is 0. The Hall–Kier alpha value is -2.00. The van der Waals surface area contributed by atoms with E-state index in [1.54, 1.807) is 30.3 Å². The summed E-state index contributed by atoms with van der Waals surface area (Å²) in [6, 6.07) is 12.3. The number of benzene rings is 2. The Morgan fingerprint density at radius 3 is 2.94 bits per heavy atom. The number of ether oxygens (including phenoxy) is 1. The highest BCUT2D eigenvalue weighted by Crippen LogP contribution is 2.33. The third-order valence-corrected chi connectivity index (χ3v) is 2.70. The fourth-order valence-electron chi connectivity index (χ4n) is 1.68. The predicted molar refractivity (Wildman–Crippen MR) is 66.5 cm³/mol. The number of furan rings is 1. The van der Waals surface area contributed by atoms with Crippen LogP contribution in [0.3, 0.4) is 0 Å². The molecular formula is C14H7ClFO2. The number of fused-ring (bicyclic) bond motifs is 1. The maximum atomic E-state index is 13.8. The van der Waals surface area contributed by atoms with Gasteiger partial charge in [0, 0.05) is 17.5 Å². The molecular weight excluding hydrogens is 255 g/mol. The third kappa shape index (κ3) is 1.93. The van der Waals surface area contributed by atoms with Crippen molar-refractivity contribution in [1.82, 2.24) is 0 Å². The van der Waals surface area contributed by atoms with Crippen molar-refractivity contribution >= 4 is 22.6 Å². The van der Waals surface area contributed by atoms with Gasteiger partial charge in [0.05, 0.1) is 11.3 Å². The van der Waals surface area contributed by atoms with Crippen LogP contribution in [-0.4, -0.2) is 0 Å². The maximum Gasteiger partial charge on any atom is 0.206 e. The summed E-state index contributed by atoms with van der Waals surface area (Å²) in [4.78, 5) is 0. The van der Waals surface area contributed by atoms with Crippen LogP contribution in [-0.2, 0) is 0 Å². The molecule has 0 aliphatic carbocycles. The molecule has 1 heterocycles. The van der Waals surface area contributed by atoms with E-state index in [1.165, 1.54) is 12.3 Å². The first kappa shape index (κ1) is 11.1. The lowest BCUT2D eigenvalue weighted by molar-refractivity contribution is 0.436. The highest BCUT2D eigenvalue weighted by Gasteiger charge is 2.13. The highest BCUT2D eigenvalue weighted by molar-refractivity contribution is 6.30. The van der Waals surface area contributed by atoms with Crippen molar-refractivity contribution in [3.63, 3.8) is 0 Å². The second-order valence-electron chi connectivity index (χ2n) is 3.69. The van der Waals surface area contributed by atoms with Gasteiger partial charge in [-0.1, -0.05) is 11.6 Å². The third-order valence-electron chi connectivity index (χ3n) is 2.49. The summed E-state index contributed by atoms with van der Waals surface area (Å²) < 4.78 is 24.5. The van der Waals surface area contributed by atoms with Gasteiger partial charge in [0.2, 0.25) is 5.75 Å². The molecule has 0 amide bonds. The Labute approximate surface area is 108 Å². The lowest BCUT2D eigenvalue weighted by atomic mass is 10.2. The zero-order chi connectivity index (χ0) is 12.5. The number of rotatable bonds is 2. The minimum Gasteiger partial charge on any atom is -0.460 e. The van der Waals surface area contributed by atoms with Crippen LogP contribution < -0.4 is 4.74 Å².